The Bertz CT molecular complexity index is 1130. The molecule has 0 unspecified atom stereocenters. The summed E-state index contributed by atoms with van der Waals surface area (Å²) >= 11 is 11.6. The monoisotopic (exact) mass is 484 g/mol. The van der Waals surface area contributed by atoms with E-state index in [2.05, 4.69) is 15.6 Å². The van der Waals surface area contributed by atoms with Crippen LogP contribution in [-0.4, -0.2) is 41.7 Å². The van der Waals surface area contributed by atoms with Gasteiger partial charge >= 0.3 is 6.03 Å². The Morgan fingerprint density at radius 3 is 2.48 bits per heavy atom. The molecule has 0 aliphatic carbocycles. The molecule has 9 heteroatoms. The van der Waals surface area contributed by atoms with E-state index < -0.39 is 6.03 Å². The number of nitrogens with one attached hydrogen (secondary N) is 2. The Morgan fingerprint density at radius 2 is 1.76 bits per heavy atom. The number of urea groups is 1. The third-order valence-corrected chi connectivity index (χ3v) is 5.17. The Kier molecular flexibility index (Phi) is 8.80. The number of carbonyl (C=O) groups excluding carboxylic acids is 3. The van der Waals surface area contributed by atoms with Crippen molar-refractivity contribution in [3.63, 3.8) is 0 Å². The number of rotatable bonds is 9. The molecule has 1 aromatic heterocycles. The molecule has 0 fully saturated rings. The van der Waals surface area contributed by atoms with Crippen molar-refractivity contribution in [3.05, 3.63) is 89.2 Å². The van der Waals surface area contributed by atoms with Crippen molar-refractivity contribution in [2.45, 2.75) is 6.42 Å². The first-order valence-electron chi connectivity index (χ1n) is 10.1. The number of benzene rings is 2. The lowest BCUT2D eigenvalue weighted by Gasteiger charge is -2.22. The quantitative estimate of drug-likeness (QED) is 0.435. The molecule has 0 aliphatic rings. The van der Waals surface area contributed by atoms with Gasteiger partial charge in [0.1, 0.15) is 0 Å². The van der Waals surface area contributed by atoms with Gasteiger partial charge in [0.2, 0.25) is 0 Å². The van der Waals surface area contributed by atoms with Crippen LogP contribution >= 0.6 is 23.2 Å². The second kappa shape index (κ2) is 12.0. The minimum absolute atomic E-state index is 0.196. The number of hydrogen-bond donors (Lipinski definition) is 2. The van der Waals surface area contributed by atoms with Crippen molar-refractivity contribution in [3.8, 4) is 0 Å². The zero-order valence-electron chi connectivity index (χ0n) is 17.6. The normalized spacial score (nSPS) is 10.4. The summed E-state index contributed by atoms with van der Waals surface area (Å²) in [5.41, 5.74) is 2.30. The number of hydrogen-bond acceptors (Lipinski definition) is 4. The Hall–Kier alpha value is -3.42. The van der Waals surface area contributed by atoms with E-state index in [0.29, 0.717) is 34.9 Å². The predicted molar refractivity (Wildman–Crippen MR) is 130 cm³/mol. The minimum Gasteiger partial charge on any atom is -0.352 e. The highest BCUT2D eigenvalue weighted by Gasteiger charge is 2.20. The largest absolute Gasteiger partial charge is 0.352 e. The first kappa shape index (κ1) is 24.2. The molecule has 3 rings (SSSR count). The number of amides is 3. The van der Waals surface area contributed by atoms with Crippen molar-refractivity contribution >= 4 is 52.3 Å². The maximum atomic E-state index is 12.9. The number of para-hydroxylation sites is 1. The van der Waals surface area contributed by atoms with Crippen LogP contribution < -0.4 is 15.5 Å². The summed E-state index contributed by atoms with van der Waals surface area (Å²) < 4.78 is 0. The molecular weight excluding hydrogens is 463 g/mol. The molecule has 170 valence electrons. The topological polar surface area (TPSA) is 91.4 Å². The molecule has 0 radical (unpaired) electrons. The predicted octanol–water partition coefficient (Wildman–Crippen LogP) is 4.55. The molecule has 1 heterocycles. The van der Waals surface area contributed by atoms with Gasteiger partial charge in [-0.1, -0.05) is 35.9 Å². The maximum Gasteiger partial charge on any atom is 0.326 e. The molecule has 3 aromatic rings. The van der Waals surface area contributed by atoms with Gasteiger partial charge in [0.25, 0.3) is 5.91 Å². The molecule has 0 saturated carbocycles. The number of anilines is 2. The second-order valence-electron chi connectivity index (χ2n) is 7.12. The number of alkyl halides is 1. The fourth-order valence-corrected chi connectivity index (χ4v) is 3.30. The van der Waals surface area contributed by atoms with E-state index in [-0.39, 0.29) is 24.1 Å². The van der Waals surface area contributed by atoms with E-state index in [1.165, 1.54) is 11.1 Å². The summed E-state index contributed by atoms with van der Waals surface area (Å²) in [5.74, 6) is -0.755. The number of nitrogens with zero attached hydrogens (tertiary/aromatic N) is 2. The molecule has 0 saturated heterocycles. The molecule has 33 heavy (non-hydrogen) atoms. The maximum absolute atomic E-state index is 12.9. The van der Waals surface area contributed by atoms with Gasteiger partial charge < -0.3 is 10.6 Å². The average Bonchev–Trinajstić information content (AvgIpc) is 2.83. The van der Waals surface area contributed by atoms with Crippen LogP contribution in [0.25, 0.3) is 0 Å². The molecular formula is C24H22Cl2N4O3. The zero-order chi connectivity index (χ0) is 23.6. The third-order valence-electron chi connectivity index (χ3n) is 4.63. The highest BCUT2D eigenvalue weighted by Crippen LogP contribution is 2.18. The number of Topliss-reactive ketones (excluding diaryl/α,β-unsaturated/α-hetero) is 1. The number of halogens is 2. The highest BCUT2D eigenvalue weighted by atomic mass is 35.5. The summed E-state index contributed by atoms with van der Waals surface area (Å²) in [6, 6.07) is 16.9. The van der Waals surface area contributed by atoms with Crippen LogP contribution in [0.4, 0.5) is 16.2 Å². The van der Waals surface area contributed by atoms with E-state index in [1.54, 1.807) is 60.8 Å². The average molecular weight is 485 g/mol. The van der Waals surface area contributed by atoms with E-state index in [4.69, 9.17) is 23.2 Å². The number of pyridine rings is 1. The van der Waals surface area contributed by atoms with E-state index in [9.17, 15) is 14.4 Å². The van der Waals surface area contributed by atoms with Gasteiger partial charge in [-0.25, -0.2) is 4.79 Å². The third kappa shape index (κ3) is 7.30. The lowest BCUT2D eigenvalue weighted by Crippen LogP contribution is -2.39. The summed E-state index contributed by atoms with van der Waals surface area (Å²) in [5, 5.41) is 6.08. The second-order valence-corrected chi connectivity index (χ2v) is 7.83. The van der Waals surface area contributed by atoms with Gasteiger partial charge in [-0.2, -0.15) is 0 Å². The molecule has 2 N–H and O–H groups in total. The highest BCUT2D eigenvalue weighted by molar-refractivity contribution is 6.31. The van der Waals surface area contributed by atoms with Crippen LogP contribution in [0.1, 0.15) is 15.9 Å². The summed E-state index contributed by atoms with van der Waals surface area (Å²) in [6.45, 7) is 0.159. The molecule has 7 nitrogen and oxygen atoms in total. The van der Waals surface area contributed by atoms with Crippen molar-refractivity contribution in [2.24, 2.45) is 0 Å². The zero-order valence-corrected chi connectivity index (χ0v) is 19.1. The van der Waals surface area contributed by atoms with Gasteiger partial charge in [0, 0.05) is 29.0 Å². The minimum atomic E-state index is -0.479. The molecule has 3 amide bonds. The molecule has 0 bridgehead atoms. The Balaban J connectivity index is 1.68. The van der Waals surface area contributed by atoms with Crippen LogP contribution in [0.5, 0.6) is 0 Å². The number of ketones is 1. The van der Waals surface area contributed by atoms with E-state index in [1.807, 2.05) is 6.07 Å². The molecule has 0 spiro atoms. The standard InChI is InChI=1S/C24H22Cl2N4O3/c25-13-22(31)16-30(24(33)29-20-7-2-1-3-8-20)21-11-17(14-27-15-21)9-10-28-23(32)18-5-4-6-19(26)12-18/h1-8,11-12,14-15H,9-10,13,16H2,(H,28,32)(H,29,33). The molecule has 2 aromatic carbocycles. The molecule has 0 aliphatic heterocycles. The van der Waals surface area contributed by atoms with Gasteiger partial charge in [-0.05, 0) is 48.4 Å². The fraction of sp³-hybridized carbons (Fsp3) is 0.167. The van der Waals surface area contributed by atoms with E-state index in [0.717, 1.165) is 5.56 Å². The van der Waals surface area contributed by atoms with Crippen molar-refractivity contribution in [1.82, 2.24) is 10.3 Å². The Morgan fingerprint density at radius 1 is 0.970 bits per heavy atom. The van der Waals surface area contributed by atoms with Crippen LogP contribution in [0, 0.1) is 0 Å². The SMILES string of the molecule is O=C(CCl)CN(C(=O)Nc1ccccc1)c1cncc(CCNC(=O)c2cccc(Cl)c2)c1. The van der Waals surface area contributed by atoms with E-state index >= 15 is 0 Å². The first-order valence-corrected chi connectivity index (χ1v) is 11.1. The number of carbonyl (C=O) groups is 3. The lowest BCUT2D eigenvalue weighted by molar-refractivity contribution is -0.115. The van der Waals surface area contributed by atoms with Gasteiger partial charge in [0.15, 0.2) is 5.78 Å². The fourth-order valence-electron chi connectivity index (χ4n) is 3.02. The van der Waals surface area contributed by atoms with Crippen molar-refractivity contribution < 1.29 is 14.4 Å². The summed E-state index contributed by atoms with van der Waals surface area (Å²) in [4.78, 5) is 42.7. The van der Waals surface area contributed by atoms with Crippen LogP contribution in [0.2, 0.25) is 5.02 Å². The molecule has 0 atom stereocenters. The first-order chi connectivity index (χ1) is 16.0. The van der Waals surface area contributed by atoms with Gasteiger partial charge in [-0.15, -0.1) is 11.6 Å². The van der Waals surface area contributed by atoms with Gasteiger partial charge in [0.05, 0.1) is 24.3 Å². The smallest absolute Gasteiger partial charge is 0.326 e. The van der Waals surface area contributed by atoms with Gasteiger partial charge in [-0.3, -0.25) is 19.5 Å². The van der Waals surface area contributed by atoms with Crippen molar-refractivity contribution in [2.75, 3.05) is 29.2 Å². The summed E-state index contributed by atoms with van der Waals surface area (Å²) in [7, 11) is 0. The van der Waals surface area contributed by atoms with Crippen LogP contribution in [0.3, 0.4) is 0 Å². The van der Waals surface area contributed by atoms with Crippen LogP contribution in [0.15, 0.2) is 73.1 Å². The summed E-state index contributed by atoms with van der Waals surface area (Å²) in [6.07, 6.45) is 3.62. The van der Waals surface area contributed by atoms with Crippen molar-refractivity contribution in [1.29, 1.82) is 0 Å². The van der Waals surface area contributed by atoms with Crippen LogP contribution in [-0.2, 0) is 11.2 Å². The lowest BCUT2D eigenvalue weighted by atomic mass is 10.1. The Labute approximate surface area is 201 Å². The number of aromatic nitrogens is 1.